The Labute approximate surface area is 148 Å². The van der Waals surface area contributed by atoms with Gasteiger partial charge in [-0.15, -0.1) is 0 Å². The van der Waals surface area contributed by atoms with Crippen molar-refractivity contribution in [3.63, 3.8) is 0 Å². The summed E-state index contributed by atoms with van der Waals surface area (Å²) in [5, 5.41) is 9.26. The third-order valence-corrected chi connectivity index (χ3v) is 4.97. The van der Waals surface area contributed by atoms with Gasteiger partial charge < -0.3 is 25.4 Å². The summed E-state index contributed by atoms with van der Waals surface area (Å²) in [6.45, 7) is 2.95. The predicted octanol–water partition coefficient (Wildman–Crippen LogP) is 0.315. The lowest BCUT2D eigenvalue weighted by Crippen LogP contribution is -2.62. The summed E-state index contributed by atoms with van der Waals surface area (Å²) >= 11 is 0. The van der Waals surface area contributed by atoms with E-state index in [1.165, 1.54) is 19.3 Å². The minimum Gasteiger partial charge on any atom is -0.352 e. The normalized spacial score (nSPS) is 21.8. The van der Waals surface area contributed by atoms with Gasteiger partial charge in [0.15, 0.2) is 0 Å². The minimum absolute atomic E-state index is 0.105. The lowest BCUT2D eigenvalue weighted by atomic mass is 9.96. The zero-order valence-electron chi connectivity index (χ0n) is 14.6. The highest BCUT2D eigenvalue weighted by atomic mass is 16.2. The summed E-state index contributed by atoms with van der Waals surface area (Å²) in [6, 6.07) is -0.315. The smallest absolute Gasteiger partial charge is 0.318 e. The maximum absolute atomic E-state index is 12.6. The molecule has 1 aromatic heterocycles. The molecule has 1 aromatic rings. The molecule has 1 aliphatic carbocycles. The third kappa shape index (κ3) is 4.94. The zero-order valence-corrected chi connectivity index (χ0v) is 14.6. The number of hydrogen-bond acceptors (Lipinski definition) is 4. The van der Waals surface area contributed by atoms with Gasteiger partial charge in [0.25, 0.3) is 0 Å². The quantitative estimate of drug-likeness (QED) is 0.714. The molecule has 25 heavy (non-hydrogen) atoms. The van der Waals surface area contributed by atoms with Gasteiger partial charge in [0.2, 0.25) is 5.91 Å². The Kier molecular flexibility index (Phi) is 6.27. The van der Waals surface area contributed by atoms with Gasteiger partial charge in [-0.1, -0.05) is 19.3 Å². The van der Waals surface area contributed by atoms with E-state index in [0.717, 1.165) is 19.4 Å². The molecule has 0 spiro atoms. The number of hydrogen-bond donors (Lipinski definition) is 3. The predicted molar refractivity (Wildman–Crippen MR) is 94.0 cm³/mol. The molecule has 0 unspecified atom stereocenters. The van der Waals surface area contributed by atoms with Gasteiger partial charge in [-0.25, -0.2) is 9.78 Å². The standard InChI is InChI=1S/C17H28N6O2/c24-16(20-8-10-22-9-6-19-13-22)15-12-18-7-11-23(15)17(25)21-14-4-2-1-3-5-14/h6,9,13-15,18H,1-5,7-8,10-12H2,(H,20,24)(H,21,25)/t15-/m1/s1. The molecule has 1 aliphatic heterocycles. The number of nitrogens with zero attached hydrogens (tertiary/aromatic N) is 3. The van der Waals surface area contributed by atoms with E-state index in [0.29, 0.717) is 26.2 Å². The number of amides is 3. The number of urea groups is 1. The van der Waals surface area contributed by atoms with E-state index in [1.54, 1.807) is 17.4 Å². The molecule has 2 heterocycles. The molecule has 8 heteroatoms. The molecule has 138 valence electrons. The maximum Gasteiger partial charge on any atom is 0.318 e. The first-order chi connectivity index (χ1) is 12.2. The molecular weight excluding hydrogens is 320 g/mol. The number of carbonyl (C=O) groups excluding carboxylic acids is 2. The summed E-state index contributed by atoms with van der Waals surface area (Å²) in [5.74, 6) is -0.105. The highest BCUT2D eigenvalue weighted by Gasteiger charge is 2.32. The fourth-order valence-electron chi connectivity index (χ4n) is 3.53. The van der Waals surface area contributed by atoms with Crippen molar-refractivity contribution in [2.45, 2.75) is 50.7 Å². The summed E-state index contributed by atoms with van der Waals surface area (Å²) < 4.78 is 1.91. The van der Waals surface area contributed by atoms with Crippen LogP contribution in [0, 0.1) is 0 Å². The Morgan fingerprint density at radius 2 is 2.08 bits per heavy atom. The monoisotopic (exact) mass is 348 g/mol. The number of rotatable bonds is 5. The first-order valence-electron chi connectivity index (χ1n) is 9.25. The molecule has 3 amide bonds. The second-order valence-electron chi connectivity index (χ2n) is 6.79. The van der Waals surface area contributed by atoms with E-state index in [4.69, 9.17) is 0 Å². The van der Waals surface area contributed by atoms with E-state index < -0.39 is 6.04 Å². The molecule has 3 rings (SSSR count). The third-order valence-electron chi connectivity index (χ3n) is 4.97. The van der Waals surface area contributed by atoms with Crippen molar-refractivity contribution >= 4 is 11.9 Å². The Balaban J connectivity index is 1.50. The van der Waals surface area contributed by atoms with Gasteiger partial charge in [0.05, 0.1) is 6.33 Å². The molecule has 1 atom stereocenters. The van der Waals surface area contributed by atoms with Crippen molar-refractivity contribution in [3.8, 4) is 0 Å². The SMILES string of the molecule is O=C(NCCn1ccnc1)[C@H]1CNCCN1C(=O)NC1CCCCC1. The van der Waals surface area contributed by atoms with Crippen LogP contribution in [0.4, 0.5) is 4.79 Å². The number of nitrogens with one attached hydrogen (secondary N) is 3. The van der Waals surface area contributed by atoms with Crippen molar-refractivity contribution < 1.29 is 9.59 Å². The van der Waals surface area contributed by atoms with E-state index in [9.17, 15) is 9.59 Å². The summed E-state index contributed by atoms with van der Waals surface area (Å²) in [4.78, 5) is 30.8. The molecule has 2 fully saturated rings. The molecular formula is C17H28N6O2. The van der Waals surface area contributed by atoms with Gasteiger partial charge in [-0.2, -0.15) is 0 Å². The van der Waals surface area contributed by atoms with Gasteiger partial charge in [0.1, 0.15) is 6.04 Å². The fourth-order valence-corrected chi connectivity index (χ4v) is 3.53. The molecule has 1 saturated carbocycles. The number of aromatic nitrogens is 2. The second kappa shape index (κ2) is 8.84. The lowest BCUT2D eigenvalue weighted by Gasteiger charge is -2.36. The van der Waals surface area contributed by atoms with Crippen molar-refractivity contribution in [1.29, 1.82) is 0 Å². The van der Waals surface area contributed by atoms with E-state index in [2.05, 4.69) is 20.9 Å². The largest absolute Gasteiger partial charge is 0.352 e. The molecule has 0 bridgehead atoms. The number of carbonyl (C=O) groups is 2. The average molecular weight is 348 g/mol. The first-order valence-corrected chi connectivity index (χ1v) is 9.25. The Hall–Kier alpha value is -2.09. The van der Waals surface area contributed by atoms with Crippen LogP contribution >= 0.6 is 0 Å². The Morgan fingerprint density at radius 3 is 2.84 bits per heavy atom. The molecule has 8 nitrogen and oxygen atoms in total. The van der Waals surface area contributed by atoms with E-state index >= 15 is 0 Å². The van der Waals surface area contributed by atoms with Crippen molar-refractivity contribution in [1.82, 2.24) is 30.4 Å². The topological polar surface area (TPSA) is 91.3 Å². The Morgan fingerprint density at radius 1 is 1.24 bits per heavy atom. The molecule has 0 radical (unpaired) electrons. The maximum atomic E-state index is 12.6. The number of imidazole rings is 1. The van der Waals surface area contributed by atoms with Crippen LogP contribution in [0.15, 0.2) is 18.7 Å². The molecule has 2 aliphatic rings. The first kappa shape index (κ1) is 17.7. The molecule has 3 N–H and O–H groups in total. The van der Waals surface area contributed by atoms with Gasteiger partial charge >= 0.3 is 6.03 Å². The number of piperazine rings is 1. The van der Waals surface area contributed by atoms with Crippen LogP contribution in [-0.4, -0.2) is 64.7 Å². The lowest BCUT2D eigenvalue weighted by molar-refractivity contribution is -0.126. The molecule has 0 aromatic carbocycles. The van der Waals surface area contributed by atoms with Gasteiger partial charge in [-0.05, 0) is 12.8 Å². The van der Waals surface area contributed by atoms with Crippen LogP contribution in [0.1, 0.15) is 32.1 Å². The highest BCUT2D eigenvalue weighted by molar-refractivity contribution is 5.87. The van der Waals surface area contributed by atoms with Crippen molar-refractivity contribution in [2.24, 2.45) is 0 Å². The zero-order chi connectivity index (χ0) is 17.5. The summed E-state index contributed by atoms with van der Waals surface area (Å²) in [5.41, 5.74) is 0. The fraction of sp³-hybridized carbons (Fsp3) is 0.706. The van der Waals surface area contributed by atoms with Gasteiger partial charge in [-0.3, -0.25) is 4.79 Å². The second-order valence-corrected chi connectivity index (χ2v) is 6.79. The summed E-state index contributed by atoms with van der Waals surface area (Å²) in [6.07, 6.45) is 11.0. The van der Waals surface area contributed by atoms with Crippen molar-refractivity contribution in [2.75, 3.05) is 26.2 Å². The molecule has 1 saturated heterocycles. The minimum atomic E-state index is -0.458. The van der Waals surface area contributed by atoms with Crippen LogP contribution in [0.5, 0.6) is 0 Å². The Bertz CT molecular complexity index is 555. The van der Waals surface area contributed by atoms with E-state index in [-0.39, 0.29) is 18.0 Å². The van der Waals surface area contributed by atoms with Crippen LogP contribution in [0.25, 0.3) is 0 Å². The summed E-state index contributed by atoms with van der Waals surface area (Å²) in [7, 11) is 0. The van der Waals surface area contributed by atoms with Crippen LogP contribution in [0.3, 0.4) is 0 Å². The van der Waals surface area contributed by atoms with Crippen molar-refractivity contribution in [3.05, 3.63) is 18.7 Å². The van der Waals surface area contributed by atoms with E-state index in [1.807, 2.05) is 10.8 Å². The van der Waals surface area contributed by atoms with Crippen LogP contribution in [0.2, 0.25) is 0 Å². The highest BCUT2D eigenvalue weighted by Crippen LogP contribution is 2.18. The van der Waals surface area contributed by atoms with Crippen LogP contribution in [-0.2, 0) is 11.3 Å². The van der Waals surface area contributed by atoms with Crippen LogP contribution < -0.4 is 16.0 Å². The average Bonchev–Trinajstić information content (AvgIpc) is 3.16. The van der Waals surface area contributed by atoms with Gasteiger partial charge in [0, 0.05) is 51.2 Å².